The second kappa shape index (κ2) is 11.9. The third kappa shape index (κ3) is 8.91. The first-order valence-corrected chi connectivity index (χ1v) is 11.3. The molecule has 0 aromatic heterocycles. The number of nitrogens with one attached hydrogen (secondary N) is 1. The summed E-state index contributed by atoms with van der Waals surface area (Å²) >= 11 is 0. The largest absolute Gasteiger partial charge is 0.475 e. The number of nitriles is 1. The van der Waals surface area contributed by atoms with Crippen molar-refractivity contribution in [3.8, 4) is 6.07 Å². The lowest BCUT2D eigenvalue weighted by Gasteiger charge is -2.32. The lowest BCUT2D eigenvalue weighted by atomic mass is 9.76. The summed E-state index contributed by atoms with van der Waals surface area (Å²) in [7, 11) is -1.74. The molecule has 0 aliphatic carbocycles. The molecule has 1 aromatic rings. The fourth-order valence-corrected chi connectivity index (χ4v) is 3.73. The highest BCUT2D eigenvalue weighted by atomic mass is 16.5. The van der Waals surface area contributed by atoms with Crippen molar-refractivity contribution in [3.63, 3.8) is 0 Å². The minimum atomic E-state index is -1.74. The standard InChI is InChI=1S/C24H34BN3O5/c1-17-7-9-18(10-8-17)12-21(25(31)32)27-23(30)33-16-19-6-5-11-28(15-19)22(29)20(14-26)13-24(2,3)4/h7-10,13,19,21,31-32H,5-6,11-12,15-16H2,1-4H3,(H,27,30). The van der Waals surface area contributed by atoms with Crippen LogP contribution < -0.4 is 5.32 Å². The summed E-state index contributed by atoms with van der Waals surface area (Å²) in [6, 6.07) is 9.57. The molecule has 33 heavy (non-hydrogen) atoms. The van der Waals surface area contributed by atoms with Gasteiger partial charge in [0.2, 0.25) is 0 Å². The number of hydrogen-bond acceptors (Lipinski definition) is 6. The zero-order chi connectivity index (χ0) is 24.6. The van der Waals surface area contributed by atoms with Gasteiger partial charge in [0.15, 0.2) is 0 Å². The van der Waals surface area contributed by atoms with E-state index in [1.165, 1.54) is 0 Å². The van der Waals surface area contributed by atoms with Crippen LogP contribution in [0.3, 0.4) is 0 Å². The van der Waals surface area contributed by atoms with Gasteiger partial charge >= 0.3 is 13.2 Å². The van der Waals surface area contributed by atoms with Crippen LogP contribution in [0.1, 0.15) is 44.7 Å². The van der Waals surface area contributed by atoms with Gasteiger partial charge in [-0.2, -0.15) is 5.26 Å². The second-order valence-electron chi connectivity index (χ2n) is 9.75. The van der Waals surface area contributed by atoms with Gasteiger partial charge in [-0.15, -0.1) is 0 Å². The molecule has 1 aliphatic heterocycles. The topological polar surface area (TPSA) is 123 Å². The molecule has 0 spiro atoms. The van der Waals surface area contributed by atoms with Crippen LogP contribution in [0.4, 0.5) is 4.79 Å². The number of allylic oxidation sites excluding steroid dienone is 1. The molecule has 9 heteroatoms. The second-order valence-corrected chi connectivity index (χ2v) is 9.75. The highest BCUT2D eigenvalue weighted by molar-refractivity contribution is 6.43. The molecular formula is C24H34BN3O5. The van der Waals surface area contributed by atoms with E-state index in [9.17, 15) is 24.9 Å². The number of benzene rings is 1. The molecule has 1 heterocycles. The smallest absolute Gasteiger partial charge is 0.449 e. The van der Waals surface area contributed by atoms with Crippen molar-refractivity contribution < 1.29 is 24.4 Å². The quantitative estimate of drug-likeness (QED) is 0.330. The number of carbonyl (C=O) groups excluding carboxylic acids is 2. The number of ether oxygens (including phenoxy) is 1. The summed E-state index contributed by atoms with van der Waals surface area (Å²) in [5.41, 5.74) is 1.78. The maximum absolute atomic E-state index is 12.8. The number of amides is 2. The first-order chi connectivity index (χ1) is 15.5. The molecule has 1 fully saturated rings. The number of piperidine rings is 1. The Kier molecular flexibility index (Phi) is 9.50. The van der Waals surface area contributed by atoms with E-state index < -0.39 is 19.2 Å². The monoisotopic (exact) mass is 455 g/mol. The Morgan fingerprint density at radius 2 is 2.00 bits per heavy atom. The van der Waals surface area contributed by atoms with E-state index in [1.54, 1.807) is 11.0 Å². The molecule has 1 aliphatic rings. The Morgan fingerprint density at radius 3 is 2.58 bits per heavy atom. The Bertz CT molecular complexity index is 887. The van der Waals surface area contributed by atoms with Gasteiger partial charge in [0.1, 0.15) is 11.6 Å². The zero-order valence-electron chi connectivity index (χ0n) is 19.9. The highest BCUT2D eigenvalue weighted by Gasteiger charge is 2.29. The molecule has 0 radical (unpaired) electrons. The SMILES string of the molecule is Cc1ccc(CC(NC(=O)OCC2CCCN(C(=O)C(C#N)=CC(C)(C)C)C2)B(O)O)cc1. The van der Waals surface area contributed by atoms with E-state index in [0.29, 0.717) is 13.1 Å². The zero-order valence-corrected chi connectivity index (χ0v) is 19.9. The Morgan fingerprint density at radius 1 is 1.33 bits per heavy atom. The molecule has 2 unspecified atom stereocenters. The van der Waals surface area contributed by atoms with Crippen molar-refractivity contribution in [2.24, 2.45) is 11.3 Å². The maximum atomic E-state index is 12.8. The van der Waals surface area contributed by atoms with Gasteiger partial charge < -0.3 is 25.0 Å². The van der Waals surface area contributed by atoms with Gasteiger partial charge in [0.25, 0.3) is 5.91 Å². The molecule has 3 N–H and O–H groups in total. The van der Waals surface area contributed by atoms with Crippen LogP contribution in [0.25, 0.3) is 0 Å². The van der Waals surface area contributed by atoms with Crippen LogP contribution in [0, 0.1) is 29.6 Å². The van der Waals surface area contributed by atoms with Crippen LogP contribution in [-0.2, 0) is 16.0 Å². The average molecular weight is 455 g/mol. The average Bonchev–Trinajstić information content (AvgIpc) is 2.76. The molecule has 8 nitrogen and oxygen atoms in total. The van der Waals surface area contributed by atoms with Gasteiger partial charge in [-0.05, 0) is 37.2 Å². The molecule has 1 saturated heterocycles. The summed E-state index contributed by atoms with van der Waals surface area (Å²) < 4.78 is 5.32. The van der Waals surface area contributed by atoms with Crippen molar-refractivity contribution in [2.45, 2.75) is 52.9 Å². The lowest BCUT2D eigenvalue weighted by molar-refractivity contribution is -0.128. The van der Waals surface area contributed by atoms with Gasteiger partial charge in [-0.25, -0.2) is 4.79 Å². The molecule has 0 bridgehead atoms. The molecule has 2 rings (SSSR count). The summed E-state index contributed by atoms with van der Waals surface area (Å²) in [5.74, 6) is -1.27. The van der Waals surface area contributed by atoms with Crippen molar-refractivity contribution in [3.05, 3.63) is 47.0 Å². The van der Waals surface area contributed by atoms with Gasteiger partial charge in [-0.3, -0.25) is 4.79 Å². The fraction of sp³-hybridized carbons (Fsp3) is 0.542. The predicted molar refractivity (Wildman–Crippen MR) is 126 cm³/mol. The van der Waals surface area contributed by atoms with E-state index in [0.717, 1.165) is 24.0 Å². The third-order valence-corrected chi connectivity index (χ3v) is 5.42. The number of alkyl carbamates (subject to hydrolysis) is 1. The highest BCUT2D eigenvalue weighted by Crippen LogP contribution is 2.22. The van der Waals surface area contributed by atoms with Gasteiger partial charge in [0.05, 0.1) is 12.5 Å². The summed E-state index contributed by atoms with van der Waals surface area (Å²) in [5, 5.41) is 31.2. The maximum Gasteiger partial charge on any atom is 0.475 e. The van der Waals surface area contributed by atoms with E-state index in [4.69, 9.17) is 4.74 Å². The number of aryl methyl sites for hydroxylation is 1. The van der Waals surface area contributed by atoms with Crippen LogP contribution in [0.2, 0.25) is 0 Å². The number of nitrogens with zero attached hydrogens (tertiary/aromatic N) is 2. The molecule has 178 valence electrons. The summed E-state index contributed by atoms with van der Waals surface area (Å²) in [6.45, 7) is 8.79. The third-order valence-electron chi connectivity index (χ3n) is 5.42. The van der Waals surface area contributed by atoms with E-state index >= 15 is 0 Å². The summed E-state index contributed by atoms with van der Waals surface area (Å²) in [4.78, 5) is 26.7. The first-order valence-electron chi connectivity index (χ1n) is 11.3. The van der Waals surface area contributed by atoms with Gasteiger partial charge in [0, 0.05) is 19.0 Å². The van der Waals surface area contributed by atoms with Crippen molar-refractivity contribution >= 4 is 19.1 Å². The normalized spacial score (nSPS) is 17.7. The van der Waals surface area contributed by atoms with Crippen molar-refractivity contribution in [1.82, 2.24) is 10.2 Å². The van der Waals surface area contributed by atoms with Crippen LogP contribution in [0.15, 0.2) is 35.9 Å². The van der Waals surface area contributed by atoms with Crippen LogP contribution in [0.5, 0.6) is 0 Å². The Hall–Kier alpha value is -2.83. The van der Waals surface area contributed by atoms with Crippen molar-refractivity contribution in [1.29, 1.82) is 5.26 Å². The minimum absolute atomic E-state index is 0.0578. The van der Waals surface area contributed by atoms with Crippen molar-refractivity contribution in [2.75, 3.05) is 19.7 Å². The van der Waals surface area contributed by atoms with E-state index in [2.05, 4.69) is 5.32 Å². The number of likely N-dealkylation sites (tertiary alicyclic amines) is 1. The predicted octanol–water partition coefficient (Wildman–Crippen LogP) is 2.38. The molecular weight excluding hydrogens is 421 g/mol. The van der Waals surface area contributed by atoms with Crippen LogP contribution >= 0.6 is 0 Å². The number of rotatable bonds is 7. The Labute approximate surface area is 196 Å². The number of carbonyl (C=O) groups is 2. The summed E-state index contributed by atoms with van der Waals surface area (Å²) in [6.07, 6.45) is 2.72. The molecule has 1 aromatic carbocycles. The van der Waals surface area contributed by atoms with E-state index in [-0.39, 0.29) is 35.8 Å². The van der Waals surface area contributed by atoms with Gasteiger partial charge in [-0.1, -0.05) is 56.7 Å². The Balaban J connectivity index is 1.89. The molecule has 2 amide bonds. The van der Waals surface area contributed by atoms with E-state index in [1.807, 2.05) is 58.0 Å². The molecule has 0 saturated carbocycles. The number of hydrogen-bond donors (Lipinski definition) is 3. The first kappa shape index (κ1) is 26.4. The fourth-order valence-electron chi connectivity index (χ4n) is 3.73. The molecule has 2 atom stereocenters. The lowest BCUT2D eigenvalue weighted by Crippen LogP contribution is -2.48. The van der Waals surface area contributed by atoms with Crippen LogP contribution in [-0.4, -0.2) is 59.7 Å². The minimum Gasteiger partial charge on any atom is -0.449 e.